The molecular weight excluding hydrogens is 497 g/mol. The Morgan fingerprint density at radius 1 is 1.10 bits per heavy atom. The summed E-state index contributed by atoms with van der Waals surface area (Å²) in [5, 5.41) is 7.06. The molecule has 1 saturated carbocycles. The summed E-state index contributed by atoms with van der Waals surface area (Å²) in [6.07, 6.45) is 6.72. The van der Waals surface area contributed by atoms with Crippen molar-refractivity contribution in [3.05, 3.63) is 0 Å². The maximum Gasteiger partial charge on any atom is 0.225 e. The highest BCUT2D eigenvalue weighted by molar-refractivity contribution is 14.0. The molecule has 3 rings (SSSR count). The summed E-state index contributed by atoms with van der Waals surface area (Å²) < 4.78 is 0. The summed E-state index contributed by atoms with van der Waals surface area (Å²) >= 11 is 1.96. The molecule has 0 aromatic rings. The van der Waals surface area contributed by atoms with Crippen molar-refractivity contribution in [2.75, 3.05) is 57.8 Å². The van der Waals surface area contributed by atoms with Gasteiger partial charge in [-0.25, -0.2) is 0 Å². The second kappa shape index (κ2) is 13.2. The monoisotopic (exact) mass is 537 g/mol. The Morgan fingerprint density at radius 3 is 2.48 bits per heavy atom. The number of rotatable bonds is 5. The summed E-state index contributed by atoms with van der Waals surface area (Å²) in [6.45, 7) is 8.17. The average molecular weight is 538 g/mol. The topological polar surface area (TPSA) is 60.0 Å². The molecule has 1 atom stereocenters. The Labute approximate surface area is 198 Å². The van der Waals surface area contributed by atoms with Gasteiger partial charge in [-0.3, -0.25) is 9.79 Å². The van der Waals surface area contributed by atoms with Crippen molar-refractivity contribution in [1.82, 2.24) is 20.4 Å². The van der Waals surface area contributed by atoms with Crippen LogP contribution in [0.15, 0.2) is 4.99 Å². The van der Waals surface area contributed by atoms with E-state index in [-0.39, 0.29) is 29.9 Å². The zero-order valence-electron chi connectivity index (χ0n) is 18.2. The molecule has 8 heteroatoms. The van der Waals surface area contributed by atoms with Crippen molar-refractivity contribution in [1.29, 1.82) is 0 Å². The summed E-state index contributed by atoms with van der Waals surface area (Å²) in [5.41, 5.74) is 0. The number of aliphatic imine (C=N–C) groups is 1. The number of nitrogens with zero attached hydrogens (tertiary/aromatic N) is 3. The Hall–Kier alpha value is -0.220. The molecule has 3 fully saturated rings. The number of likely N-dealkylation sites (tertiary alicyclic amines) is 1. The Balaban J connectivity index is 0.00000300. The van der Waals surface area contributed by atoms with Gasteiger partial charge in [0.15, 0.2) is 5.96 Å². The zero-order chi connectivity index (χ0) is 19.8. The lowest BCUT2D eigenvalue weighted by atomic mass is 9.85. The molecule has 0 aromatic heterocycles. The quantitative estimate of drug-likeness (QED) is 0.321. The first-order valence-corrected chi connectivity index (χ1v) is 12.4. The lowest BCUT2D eigenvalue weighted by Crippen LogP contribution is -2.47. The van der Waals surface area contributed by atoms with Crippen LogP contribution in [0.1, 0.15) is 45.4 Å². The maximum absolute atomic E-state index is 12.7. The Bertz CT molecular complexity index is 521. The number of guanidine groups is 1. The van der Waals surface area contributed by atoms with E-state index in [4.69, 9.17) is 4.99 Å². The predicted molar refractivity (Wildman–Crippen MR) is 134 cm³/mol. The van der Waals surface area contributed by atoms with Gasteiger partial charge in [0.25, 0.3) is 0 Å². The fourth-order valence-electron chi connectivity index (χ4n) is 4.68. The number of amides is 1. The number of halogens is 1. The van der Waals surface area contributed by atoms with Gasteiger partial charge < -0.3 is 20.4 Å². The van der Waals surface area contributed by atoms with E-state index in [1.54, 1.807) is 0 Å². The van der Waals surface area contributed by atoms with Crippen molar-refractivity contribution < 1.29 is 4.79 Å². The molecule has 1 aliphatic carbocycles. The van der Waals surface area contributed by atoms with Crippen molar-refractivity contribution in [2.45, 2.75) is 51.5 Å². The first-order chi connectivity index (χ1) is 13.7. The summed E-state index contributed by atoms with van der Waals surface area (Å²) in [6, 6.07) is 0.438. The van der Waals surface area contributed by atoms with Gasteiger partial charge in [-0.2, -0.15) is 11.8 Å². The molecule has 0 bridgehead atoms. The second-order valence-corrected chi connectivity index (χ2v) is 9.85. The van der Waals surface area contributed by atoms with Gasteiger partial charge in [0.1, 0.15) is 0 Å². The fraction of sp³-hybridized carbons (Fsp3) is 0.905. The summed E-state index contributed by atoms with van der Waals surface area (Å²) in [4.78, 5) is 22.1. The molecule has 2 aliphatic heterocycles. The standard InChI is InChI=1S/C21H39N5OS.HI/c1-3-22-21(23-15-17-5-4-10-25(2)16-17)24-19-8-6-18(7-9-19)20(27)26-11-13-28-14-12-26;/h17-19H,3-16H2,1-2H3,(H2,22,23,24);1H. The fourth-order valence-corrected chi connectivity index (χ4v) is 5.59. The molecule has 6 nitrogen and oxygen atoms in total. The van der Waals surface area contributed by atoms with Gasteiger partial charge in [0.2, 0.25) is 5.91 Å². The number of nitrogens with one attached hydrogen (secondary N) is 2. The number of carbonyl (C=O) groups excluding carboxylic acids is 1. The number of hydrogen-bond donors (Lipinski definition) is 2. The van der Waals surface area contributed by atoms with Gasteiger partial charge >= 0.3 is 0 Å². The molecule has 3 aliphatic rings. The molecule has 1 unspecified atom stereocenters. The van der Waals surface area contributed by atoms with Gasteiger partial charge in [-0.15, -0.1) is 24.0 Å². The largest absolute Gasteiger partial charge is 0.357 e. The van der Waals surface area contributed by atoms with Crippen molar-refractivity contribution in [3.8, 4) is 0 Å². The minimum absolute atomic E-state index is 0. The molecule has 2 N–H and O–H groups in total. The smallest absolute Gasteiger partial charge is 0.225 e. The highest BCUT2D eigenvalue weighted by Gasteiger charge is 2.30. The van der Waals surface area contributed by atoms with Gasteiger partial charge in [-0.05, 0) is 65.0 Å². The molecule has 0 spiro atoms. The van der Waals surface area contributed by atoms with E-state index in [1.807, 2.05) is 11.8 Å². The van der Waals surface area contributed by atoms with E-state index in [9.17, 15) is 4.79 Å². The molecule has 1 amide bonds. The zero-order valence-corrected chi connectivity index (χ0v) is 21.3. The molecule has 168 valence electrons. The van der Waals surface area contributed by atoms with Crippen LogP contribution < -0.4 is 10.6 Å². The summed E-state index contributed by atoms with van der Waals surface area (Å²) in [5.74, 6) is 4.46. The van der Waals surface area contributed by atoms with Crippen molar-refractivity contribution in [3.63, 3.8) is 0 Å². The number of carbonyl (C=O) groups is 1. The van der Waals surface area contributed by atoms with Crippen LogP contribution in [0.5, 0.6) is 0 Å². The molecule has 0 radical (unpaired) electrons. The average Bonchev–Trinajstić information content (AvgIpc) is 2.73. The predicted octanol–water partition coefficient (Wildman–Crippen LogP) is 2.64. The van der Waals surface area contributed by atoms with E-state index >= 15 is 0 Å². The van der Waals surface area contributed by atoms with Crippen LogP contribution >= 0.6 is 35.7 Å². The van der Waals surface area contributed by atoms with Crippen LogP contribution in [0.2, 0.25) is 0 Å². The molecule has 2 heterocycles. The third-order valence-corrected chi connectivity index (χ3v) is 7.26. The molecule has 0 aromatic carbocycles. The number of piperidine rings is 1. The first kappa shape index (κ1) is 25.0. The highest BCUT2D eigenvalue weighted by atomic mass is 127. The van der Waals surface area contributed by atoms with E-state index in [0.717, 1.165) is 75.9 Å². The lowest BCUT2D eigenvalue weighted by molar-refractivity contribution is -0.136. The van der Waals surface area contributed by atoms with Gasteiger partial charge in [0.05, 0.1) is 0 Å². The van der Waals surface area contributed by atoms with Crippen LogP contribution in [-0.4, -0.2) is 85.5 Å². The van der Waals surface area contributed by atoms with Crippen LogP contribution in [0, 0.1) is 11.8 Å². The van der Waals surface area contributed by atoms with E-state index in [2.05, 4.69) is 34.4 Å². The minimum Gasteiger partial charge on any atom is -0.357 e. The van der Waals surface area contributed by atoms with Crippen LogP contribution in [0.3, 0.4) is 0 Å². The molecule has 2 saturated heterocycles. The van der Waals surface area contributed by atoms with Gasteiger partial charge in [0, 0.05) is 56.2 Å². The van der Waals surface area contributed by atoms with E-state index in [0.29, 0.717) is 17.9 Å². The van der Waals surface area contributed by atoms with Crippen LogP contribution in [0.25, 0.3) is 0 Å². The minimum atomic E-state index is 0. The Kier molecular flexibility index (Phi) is 11.4. The first-order valence-electron chi connectivity index (χ1n) is 11.3. The third-order valence-electron chi connectivity index (χ3n) is 6.31. The van der Waals surface area contributed by atoms with E-state index < -0.39 is 0 Å². The normalized spacial score (nSPS) is 29.1. The van der Waals surface area contributed by atoms with Crippen molar-refractivity contribution in [2.24, 2.45) is 16.8 Å². The van der Waals surface area contributed by atoms with Crippen LogP contribution in [-0.2, 0) is 4.79 Å². The van der Waals surface area contributed by atoms with E-state index in [1.165, 1.54) is 19.4 Å². The molecule has 29 heavy (non-hydrogen) atoms. The summed E-state index contributed by atoms with van der Waals surface area (Å²) in [7, 11) is 2.21. The maximum atomic E-state index is 12.7. The van der Waals surface area contributed by atoms with Gasteiger partial charge in [-0.1, -0.05) is 0 Å². The number of hydrogen-bond acceptors (Lipinski definition) is 4. The lowest BCUT2D eigenvalue weighted by Gasteiger charge is -2.34. The SMILES string of the molecule is CCNC(=NCC1CCCN(C)C1)NC1CCC(C(=O)N2CCSCC2)CC1.I. The van der Waals surface area contributed by atoms with Crippen LogP contribution in [0.4, 0.5) is 0 Å². The Morgan fingerprint density at radius 2 is 1.83 bits per heavy atom. The van der Waals surface area contributed by atoms with Crippen molar-refractivity contribution >= 4 is 47.6 Å². The second-order valence-electron chi connectivity index (χ2n) is 8.62. The molecular formula is C21H40IN5OS. The highest BCUT2D eigenvalue weighted by Crippen LogP contribution is 2.27. The number of thioether (sulfide) groups is 1. The third kappa shape index (κ3) is 8.09.